The third kappa shape index (κ3) is 6.75. The minimum atomic E-state index is -0.203. The number of hydrogen-bond donors (Lipinski definition) is 1. The molecule has 1 fully saturated rings. The van der Waals surface area contributed by atoms with E-state index in [4.69, 9.17) is 14.3 Å². The van der Waals surface area contributed by atoms with Gasteiger partial charge >= 0.3 is 7.12 Å². The normalized spacial score (nSPS) is 20.3. The molecule has 0 spiro atoms. The molecule has 3 nitrogen and oxygen atoms in total. The quantitative estimate of drug-likeness (QED) is 0.646. The Morgan fingerprint density at radius 1 is 0.857 bits per heavy atom. The first-order valence-electron chi connectivity index (χ1n) is 7.54. The lowest BCUT2D eigenvalue weighted by Crippen LogP contribution is -2.41. The monoisotopic (exact) mass is 300 g/mol. The van der Waals surface area contributed by atoms with Crippen molar-refractivity contribution in [2.24, 2.45) is 0 Å². The Morgan fingerprint density at radius 3 is 1.19 bits per heavy atom. The van der Waals surface area contributed by atoms with E-state index in [9.17, 15) is 0 Å². The molecule has 1 aliphatic heterocycles. The van der Waals surface area contributed by atoms with Gasteiger partial charge in [0.05, 0.1) is 11.2 Å². The highest BCUT2D eigenvalue weighted by Crippen LogP contribution is 2.44. The molecule has 0 aromatic heterocycles. The molecular formula is C16H38B2O3. The molecular weight excluding hydrogens is 262 g/mol. The van der Waals surface area contributed by atoms with E-state index < -0.39 is 0 Å². The van der Waals surface area contributed by atoms with Gasteiger partial charge in [-0.25, -0.2) is 0 Å². The molecule has 0 amide bonds. The van der Waals surface area contributed by atoms with E-state index >= 15 is 0 Å². The number of rotatable bonds is 0. The molecule has 126 valence electrons. The molecule has 0 aliphatic carbocycles. The van der Waals surface area contributed by atoms with E-state index in [1.54, 1.807) is 6.82 Å². The standard InChI is InChI=1S/C10H21BO2.C5H13BO.CH4/c1-8(2,3)11-12-9(4,5)10(6,7)13-11;1-5(2,3)6(4)7;/h1-7H3;7H,1-4H3;1H4. The molecule has 0 radical (unpaired) electrons. The molecule has 0 aromatic carbocycles. The van der Waals surface area contributed by atoms with Gasteiger partial charge in [-0.05, 0) is 38.3 Å². The van der Waals surface area contributed by atoms with Crippen molar-refractivity contribution in [1.29, 1.82) is 0 Å². The molecule has 1 N–H and O–H groups in total. The smallest absolute Gasteiger partial charge is 0.450 e. The molecule has 1 saturated heterocycles. The molecule has 1 rings (SSSR count). The Bertz CT molecular complexity index is 296. The van der Waals surface area contributed by atoms with Crippen molar-refractivity contribution in [3.8, 4) is 0 Å². The highest BCUT2D eigenvalue weighted by atomic mass is 16.7. The maximum atomic E-state index is 8.89. The van der Waals surface area contributed by atoms with Crippen LogP contribution in [0.15, 0.2) is 0 Å². The van der Waals surface area contributed by atoms with Gasteiger partial charge in [-0.2, -0.15) is 0 Å². The summed E-state index contributed by atoms with van der Waals surface area (Å²) in [5, 5.41) is 8.99. The summed E-state index contributed by atoms with van der Waals surface area (Å²) in [6.07, 6.45) is 0. The SMILES string of the molecule is C.CB(O)C(C)(C)C.CC(C)(C)B1OC(C)(C)C(C)(C)O1. The van der Waals surface area contributed by atoms with Crippen LogP contribution >= 0.6 is 0 Å². The van der Waals surface area contributed by atoms with Crippen LogP contribution in [0.2, 0.25) is 17.5 Å². The third-order valence-electron chi connectivity index (χ3n) is 4.21. The molecule has 21 heavy (non-hydrogen) atoms. The predicted octanol–water partition coefficient (Wildman–Crippen LogP) is 4.91. The average molecular weight is 300 g/mol. The van der Waals surface area contributed by atoms with Crippen molar-refractivity contribution >= 4 is 14.0 Å². The fourth-order valence-electron chi connectivity index (χ4n) is 1.20. The van der Waals surface area contributed by atoms with Crippen molar-refractivity contribution in [1.82, 2.24) is 0 Å². The van der Waals surface area contributed by atoms with Crippen molar-refractivity contribution in [3.05, 3.63) is 0 Å². The van der Waals surface area contributed by atoms with Gasteiger partial charge in [0.25, 0.3) is 6.92 Å². The zero-order valence-corrected chi connectivity index (χ0v) is 15.4. The maximum absolute atomic E-state index is 8.89. The first-order chi connectivity index (χ1) is 8.51. The van der Waals surface area contributed by atoms with E-state index in [0.29, 0.717) is 0 Å². The third-order valence-corrected chi connectivity index (χ3v) is 4.21. The van der Waals surface area contributed by atoms with E-state index in [1.807, 2.05) is 20.8 Å². The molecule has 1 aliphatic rings. The summed E-state index contributed by atoms with van der Waals surface area (Å²) in [6.45, 7) is 22.4. The van der Waals surface area contributed by atoms with Gasteiger partial charge in [0.1, 0.15) is 0 Å². The molecule has 0 aromatic rings. The topological polar surface area (TPSA) is 38.7 Å². The minimum absolute atomic E-state index is 0. The van der Waals surface area contributed by atoms with Gasteiger partial charge in [-0.3, -0.25) is 0 Å². The van der Waals surface area contributed by atoms with Crippen LogP contribution in [0.5, 0.6) is 0 Å². The van der Waals surface area contributed by atoms with E-state index in [1.165, 1.54) is 0 Å². The van der Waals surface area contributed by atoms with Gasteiger partial charge in [0.2, 0.25) is 0 Å². The molecule has 0 atom stereocenters. The van der Waals surface area contributed by atoms with Gasteiger partial charge in [0.15, 0.2) is 0 Å². The lowest BCUT2D eigenvalue weighted by atomic mass is 9.50. The second-order valence-electron chi connectivity index (χ2n) is 9.00. The van der Waals surface area contributed by atoms with E-state index in [2.05, 4.69) is 48.5 Å². The Hall–Kier alpha value is 0.00987. The zero-order chi connectivity index (χ0) is 16.6. The van der Waals surface area contributed by atoms with Gasteiger partial charge in [-0.1, -0.05) is 55.8 Å². The van der Waals surface area contributed by atoms with Crippen LogP contribution in [0.25, 0.3) is 0 Å². The molecule has 0 bridgehead atoms. The molecule has 5 heteroatoms. The van der Waals surface area contributed by atoms with Crippen LogP contribution in [0.3, 0.4) is 0 Å². The van der Waals surface area contributed by atoms with Crippen LogP contribution in [0, 0.1) is 0 Å². The van der Waals surface area contributed by atoms with Crippen LogP contribution in [-0.4, -0.2) is 30.3 Å². The molecule has 0 saturated carbocycles. The summed E-state index contributed by atoms with van der Waals surface area (Å²) in [5.74, 6) is 0. The molecule has 1 heterocycles. The van der Waals surface area contributed by atoms with Crippen molar-refractivity contribution in [2.45, 2.75) is 105 Å². The summed E-state index contributed by atoms with van der Waals surface area (Å²) >= 11 is 0. The Morgan fingerprint density at radius 2 is 1.10 bits per heavy atom. The maximum Gasteiger partial charge on any atom is 0.463 e. The van der Waals surface area contributed by atoms with Crippen LogP contribution in [0.4, 0.5) is 0 Å². The van der Waals surface area contributed by atoms with Crippen molar-refractivity contribution < 1.29 is 14.3 Å². The fourth-order valence-corrected chi connectivity index (χ4v) is 1.20. The summed E-state index contributed by atoms with van der Waals surface area (Å²) in [5.41, 5.74) is -0.407. The van der Waals surface area contributed by atoms with Gasteiger partial charge in [-0.15, -0.1) is 0 Å². The second kappa shape index (κ2) is 7.06. The fraction of sp³-hybridized carbons (Fsp3) is 1.00. The highest BCUT2D eigenvalue weighted by Gasteiger charge is 2.54. The van der Waals surface area contributed by atoms with E-state index in [-0.39, 0.29) is 43.3 Å². The Balaban J connectivity index is 0. The Kier molecular flexibility index (Phi) is 7.82. The average Bonchev–Trinajstić information content (AvgIpc) is 2.34. The first-order valence-corrected chi connectivity index (χ1v) is 7.54. The van der Waals surface area contributed by atoms with Crippen LogP contribution in [-0.2, 0) is 9.31 Å². The summed E-state index contributed by atoms with van der Waals surface area (Å²) in [4.78, 5) is 0. The van der Waals surface area contributed by atoms with E-state index in [0.717, 1.165) is 0 Å². The highest BCUT2D eigenvalue weighted by molar-refractivity contribution is 6.52. The second-order valence-corrected chi connectivity index (χ2v) is 9.00. The zero-order valence-electron chi connectivity index (χ0n) is 15.4. The lowest BCUT2D eigenvalue weighted by molar-refractivity contribution is 0.00578. The largest absolute Gasteiger partial charge is 0.463 e. The predicted molar refractivity (Wildman–Crippen MR) is 96.1 cm³/mol. The van der Waals surface area contributed by atoms with Crippen LogP contribution < -0.4 is 0 Å². The van der Waals surface area contributed by atoms with Crippen molar-refractivity contribution in [3.63, 3.8) is 0 Å². The molecule has 0 unspecified atom stereocenters. The van der Waals surface area contributed by atoms with Gasteiger partial charge < -0.3 is 14.3 Å². The van der Waals surface area contributed by atoms with Gasteiger partial charge in [0, 0.05) is 0 Å². The number of hydrogen-bond acceptors (Lipinski definition) is 3. The van der Waals surface area contributed by atoms with Crippen molar-refractivity contribution in [2.75, 3.05) is 0 Å². The Labute approximate surface area is 134 Å². The van der Waals surface area contributed by atoms with Crippen LogP contribution in [0.1, 0.15) is 76.7 Å². The first kappa shape index (κ1) is 23.3. The summed E-state index contributed by atoms with van der Waals surface area (Å²) in [6, 6.07) is 0. The lowest BCUT2D eigenvalue weighted by Gasteiger charge is -2.32. The summed E-state index contributed by atoms with van der Waals surface area (Å²) in [7, 11) is -0.0995. The minimum Gasteiger partial charge on any atom is -0.450 e. The summed E-state index contributed by atoms with van der Waals surface area (Å²) < 4.78 is 11.8.